The van der Waals surface area contributed by atoms with Crippen LogP contribution in [0.5, 0.6) is 0 Å². The summed E-state index contributed by atoms with van der Waals surface area (Å²) in [6, 6.07) is 7.22. The first kappa shape index (κ1) is 18.3. The minimum atomic E-state index is -0.367. The number of aromatic nitrogens is 2. The zero-order valence-corrected chi connectivity index (χ0v) is 15.3. The van der Waals surface area contributed by atoms with Crippen molar-refractivity contribution in [2.45, 2.75) is 50.2 Å². The number of carbonyl (C=O) groups is 1. The molecule has 24 heavy (non-hydrogen) atoms. The predicted molar refractivity (Wildman–Crippen MR) is 99.4 cm³/mol. The van der Waals surface area contributed by atoms with Gasteiger partial charge in [0.05, 0.1) is 16.2 Å². The van der Waals surface area contributed by atoms with E-state index in [0.29, 0.717) is 22.6 Å². The molecule has 2 aromatic rings. The van der Waals surface area contributed by atoms with Gasteiger partial charge in [0.15, 0.2) is 5.16 Å². The molecule has 1 atom stereocenters. The molecule has 1 unspecified atom stereocenters. The van der Waals surface area contributed by atoms with E-state index in [1.54, 1.807) is 22.8 Å². The molecule has 1 aromatic carbocycles. The molecule has 0 spiro atoms. The van der Waals surface area contributed by atoms with Crippen LogP contribution in [-0.4, -0.2) is 26.2 Å². The third kappa shape index (κ3) is 4.26. The van der Waals surface area contributed by atoms with E-state index in [9.17, 15) is 9.59 Å². The van der Waals surface area contributed by atoms with Crippen LogP contribution in [0.2, 0.25) is 0 Å². The van der Waals surface area contributed by atoms with Crippen molar-refractivity contribution >= 4 is 28.6 Å². The molecule has 0 saturated heterocycles. The monoisotopic (exact) mass is 345 g/mol. The second-order valence-electron chi connectivity index (χ2n) is 6.62. The molecule has 128 valence electrons. The lowest BCUT2D eigenvalue weighted by molar-refractivity contribution is -0.121. The lowest BCUT2D eigenvalue weighted by Crippen LogP contribution is -2.44. The fraction of sp³-hybridized carbons (Fsp3) is 0.389. The maximum absolute atomic E-state index is 12.7. The van der Waals surface area contributed by atoms with Crippen molar-refractivity contribution in [3.05, 3.63) is 47.3 Å². The molecule has 2 rings (SSSR count). The normalized spacial score (nSPS) is 12.8. The summed E-state index contributed by atoms with van der Waals surface area (Å²) < 4.78 is 1.56. The Morgan fingerprint density at radius 2 is 2.08 bits per heavy atom. The summed E-state index contributed by atoms with van der Waals surface area (Å²) in [5, 5.41) is 3.67. The van der Waals surface area contributed by atoms with Crippen molar-refractivity contribution in [2.24, 2.45) is 0 Å². The number of benzene rings is 1. The molecular formula is C18H23N3O2S. The highest BCUT2D eigenvalue weighted by molar-refractivity contribution is 8.00. The Kier molecular flexibility index (Phi) is 5.49. The van der Waals surface area contributed by atoms with Crippen molar-refractivity contribution in [3.8, 4) is 0 Å². The number of nitrogens with one attached hydrogen (secondary N) is 1. The number of allylic oxidation sites excluding steroid dienone is 1. The number of hydrogen-bond donors (Lipinski definition) is 1. The van der Waals surface area contributed by atoms with E-state index in [-0.39, 0.29) is 22.3 Å². The van der Waals surface area contributed by atoms with Gasteiger partial charge in [-0.2, -0.15) is 0 Å². The smallest absolute Gasteiger partial charge is 0.262 e. The first-order valence-corrected chi connectivity index (χ1v) is 8.70. The molecule has 1 amide bonds. The number of hydrogen-bond acceptors (Lipinski definition) is 4. The fourth-order valence-corrected chi connectivity index (χ4v) is 3.13. The molecule has 1 N–H and O–H groups in total. The van der Waals surface area contributed by atoms with Crippen molar-refractivity contribution in [1.82, 2.24) is 14.9 Å². The summed E-state index contributed by atoms with van der Waals surface area (Å²) in [4.78, 5) is 29.6. The standard InChI is InChI=1S/C18H23N3O2S/c1-6-11-21-16(23)13-9-7-8-10-14(13)19-17(21)24-12(2)15(22)20-18(3,4)5/h6-10,12H,1,11H2,2-5H3,(H,20,22). The first-order valence-electron chi connectivity index (χ1n) is 7.82. The first-order chi connectivity index (χ1) is 11.2. The molecule has 0 aliphatic rings. The summed E-state index contributed by atoms with van der Waals surface area (Å²) in [5.41, 5.74) is 0.212. The molecule has 0 fully saturated rings. The van der Waals surface area contributed by atoms with Gasteiger partial charge >= 0.3 is 0 Å². The summed E-state index contributed by atoms with van der Waals surface area (Å²) in [5.74, 6) is -0.0833. The minimum Gasteiger partial charge on any atom is -0.351 e. The highest BCUT2D eigenvalue weighted by Crippen LogP contribution is 2.23. The van der Waals surface area contributed by atoms with E-state index in [1.807, 2.05) is 39.8 Å². The van der Waals surface area contributed by atoms with Crippen molar-refractivity contribution in [1.29, 1.82) is 0 Å². The maximum atomic E-state index is 12.7. The van der Waals surface area contributed by atoms with Crippen LogP contribution in [0.3, 0.4) is 0 Å². The van der Waals surface area contributed by atoms with Gasteiger partial charge in [-0.15, -0.1) is 6.58 Å². The SMILES string of the molecule is C=CCn1c(SC(C)C(=O)NC(C)(C)C)nc2ccccc2c1=O. The molecule has 5 nitrogen and oxygen atoms in total. The van der Waals surface area contributed by atoms with Crippen LogP contribution in [0.15, 0.2) is 46.9 Å². The quantitative estimate of drug-likeness (QED) is 0.514. The maximum Gasteiger partial charge on any atom is 0.262 e. The lowest BCUT2D eigenvalue weighted by Gasteiger charge is -2.23. The van der Waals surface area contributed by atoms with Crippen LogP contribution in [0.4, 0.5) is 0 Å². The lowest BCUT2D eigenvalue weighted by atomic mass is 10.1. The van der Waals surface area contributed by atoms with Crippen LogP contribution in [0.1, 0.15) is 27.7 Å². The molecule has 0 saturated carbocycles. The Balaban J connectivity index is 2.40. The number of thioether (sulfide) groups is 1. The van der Waals surface area contributed by atoms with E-state index < -0.39 is 0 Å². The van der Waals surface area contributed by atoms with Crippen molar-refractivity contribution in [2.75, 3.05) is 0 Å². The number of amides is 1. The summed E-state index contributed by atoms with van der Waals surface area (Å²) >= 11 is 1.28. The van der Waals surface area contributed by atoms with Crippen LogP contribution in [-0.2, 0) is 11.3 Å². The third-order valence-corrected chi connectivity index (χ3v) is 4.38. The Hall–Kier alpha value is -2.08. The summed E-state index contributed by atoms with van der Waals surface area (Å²) in [6.45, 7) is 11.7. The Labute approximate surface area is 146 Å². The zero-order chi connectivity index (χ0) is 17.9. The molecule has 0 aliphatic heterocycles. The highest BCUT2D eigenvalue weighted by Gasteiger charge is 2.22. The topological polar surface area (TPSA) is 64.0 Å². The van der Waals surface area contributed by atoms with Gasteiger partial charge in [0, 0.05) is 12.1 Å². The van der Waals surface area contributed by atoms with Gasteiger partial charge < -0.3 is 5.32 Å². The van der Waals surface area contributed by atoms with Crippen LogP contribution < -0.4 is 10.9 Å². The van der Waals surface area contributed by atoms with Gasteiger partial charge in [0.2, 0.25) is 5.91 Å². The van der Waals surface area contributed by atoms with Gasteiger partial charge in [-0.25, -0.2) is 4.98 Å². The second-order valence-corrected chi connectivity index (χ2v) is 7.92. The summed E-state index contributed by atoms with van der Waals surface area (Å²) in [6.07, 6.45) is 1.65. The second kappa shape index (κ2) is 7.21. The van der Waals surface area contributed by atoms with Crippen LogP contribution >= 0.6 is 11.8 Å². The highest BCUT2D eigenvalue weighted by atomic mass is 32.2. The third-order valence-electron chi connectivity index (χ3n) is 3.29. The fourth-order valence-electron chi connectivity index (χ4n) is 2.21. The summed E-state index contributed by atoms with van der Waals surface area (Å²) in [7, 11) is 0. The van der Waals surface area contributed by atoms with Crippen LogP contribution in [0.25, 0.3) is 10.9 Å². The Bertz CT molecular complexity index is 821. The van der Waals surface area contributed by atoms with Crippen molar-refractivity contribution in [3.63, 3.8) is 0 Å². The van der Waals surface area contributed by atoms with E-state index >= 15 is 0 Å². The zero-order valence-electron chi connectivity index (χ0n) is 14.5. The average Bonchev–Trinajstić information content (AvgIpc) is 2.49. The van der Waals surface area contributed by atoms with Gasteiger partial charge in [-0.3, -0.25) is 14.2 Å². The Morgan fingerprint density at radius 3 is 2.71 bits per heavy atom. The minimum absolute atomic E-state index is 0.0833. The number of nitrogens with zero attached hydrogens (tertiary/aromatic N) is 2. The number of carbonyl (C=O) groups excluding carboxylic acids is 1. The van der Waals surface area contributed by atoms with Gasteiger partial charge in [0.25, 0.3) is 5.56 Å². The largest absolute Gasteiger partial charge is 0.351 e. The van der Waals surface area contributed by atoms with E-state index in [4.69, 9.17) is 0 Å². The Morgan fingerprint density at radius 1 is 1.42 bits per heavy atom. The molecule has 6 heteroatoms. The van der Waals surface area contributed by atoms with E-state index in [1.165, 1.54) is 11.8 Å². The molecule has 1 aromatic heterocycles. The van der Waals surface area contributed by atoms with Gasteiger partial charge in [-0.1, -0.05) is 30.0 Å². The molecule has 0 aliphatic carbocycles. The van der Waals surface area contributed by atoms with Gasteiger partial charge in [0.1, 0.15) is 0 Å². The van der Waals surface area contributed by atoms with E-state index in [2.05, 4.69) is 16.9 Å². The molecule has 0 bridgehead atoms. The molecular weight excluding hydrogens is 322 g/mol. The van der Waals surface area contributed by atoms with Crippen molar-refractivity contribution < 1.29 is 4.79 Å². The van der Waals surface area contributed by atoms with Gasteiger partial charge in [-0.05, 0) is 39.8 Å². The van der Waals surface area contributed by atoms with E-state index in [0.717, 1.165) is 0 Å². The van der Waals surface area contributed by atoms with Crippen LogP contribution in [0, 0.1) is 0 Å². The molecule has 0 radical (unpaired) electrons. The number of fused-ring (bicyclic) bond motifs is 1. The predicted octanol–water partition coefficient (Wildman–Crippen LogP) is 2.98. The average molecular weight is 345 g/mol. The molecule has 1 heterocycles. The number of rotatable bonds is 5. The number of para-hydroxylation sites is 1.